The van der Waals surface area contributed by atoms with Crippen molar-refractivity contribution in [2.45, 2.75) is 39.2 Å². The number of amides is 1. The van der Waals surface area contributed by atoms with Gasteiger partial charge in [0.25, 0.3) is 5.56 Å². The first-order chi connectivity index (χ1) is 14.4. The molecule has 1 amide bonds. The molecule has 1 atom stereocenters. The molecule has 9 heteroatoms. The standard InChI is InChI=1S/C21H23N5O4/c1-11(2)30-20-13(6-5-7-15(20)29-4)14-10-18(28)22-21-19(14)12(3)25-26(21)16-8-9-17(27)24-23-16/h5-9,11,14H,10H2,1-4H3,(H,22,28)(H,24,27)/t14-/m0/s1. The molecule has 156 valence electrons. The van der Waals surface area contributed by atoms with Gasteiger partial charge in [-0.1, -0.05) is 12.1 Å². The van der Waals surface area contributed by atoms with Gasteiger partial charge in [0.2, 0.25) is 5.91 Å². The molecule has 0 spiro atoms. The van der Waals surface area contributed by atoms with Crippen molar-refractivity contribution in [2.24, 2.45) is 0 Å². The van der Waals surface area contributed by atoms with E-state index >= 15 is 0 Å². The van der Waals surface area contributed by atoms with Crippen LogP contribution in [0, 0.1) is 6.92 Å². The molecule has 30 heavy (non-hydrogen) atoms. The first kappa shape index (κ1) is 19.7. The number of aromatic amines is 1. The SMILES string of the molecule is COc1cccc([C@@H]2CC(=O)Nc3c2c(C)nn3-c2ccc(=O)[nH]n2)c1OC(C)C. The number of H-pyrrole nitrogens is 1. The van der Waals surface area contributed by atoms with Gasteiger partial charge in [-0.25, -0.2) is 5.10 Å². The Morgan fingerprint density at radius 3 is 2.67 bits per heavy atom. The molecule has 3 heterocycles. The Morgan fingerprint density at radius 2 is 2.00 bits per heavy atom. The lowest BCUT2D eigenvalue weighted by Gasteiger charge is -2.27. The van der Waals surface area contributed by atoms with E-state index in [9.17, 15) is 9.59 Å². The van der Waals surface area contributed by atoms with Crippen LogP contribution in [0.2, 0.25) is 0 Å². The van der Waals surface area contributed by atoms with Gasteiger partial charge in [-0.15, -0.1) is 0 Å². The van der Waals surface area contributed by atoms with Gasteiger partial charge in [0.1, 0.15) is 5.82 Å². The molecule has 1 aromatic carbocycles. The molecule has 0 fully saturated rings. The summed E-state index contributed by atoms with van der Waals surface area (Å²) in [6, 6.07) is 8.59. The van der Waals surface area contributed by atoms with Crippen molar-refractivity contribution in [3.8, 4) is 17.3 Å². The summed E-state index contributed by atoms with van der Waals surface area (Å²) in [5, 5.41) is 13.9. The summed E-state index contributed by atoms with van der Waals surface area (Å²) in [6.45, 7) is 5.77. The van der Waals surface area contributed by atoms with Crippen molar-refractivity contribution in [3.05, 3.63) is 57.5 Å². The van der Waals surface area contributed by atoms with Gasteiger partial charge in [-0.2, -0.15) is 14.9 Å². The highest BCUT2D eigenvalue weighted by Crippen LogP contribution is 2.45. The Balaban J connectivity index is 1.89. The van der Waals surface area contributed by atoms with Gasteiger partial charge >= 0.3 is 0 Å². The van der Waals surface area contributed by atoms with E-state index in [0.717, 1.165) is 16.8 Å². The Morgan fingerprint density at radius 1 is 1.20 bits per heavy atom. The molecule has 4 rings (SSSR count). The fourth-order valence-electron chi connectivity index (χ4n) is 3.76. The number of carbonyl (C=O) groups excluding carboxylic acids is 1. The first-order valence-electron chi connectivity index (χ1n) is 9.68. The molecule has 9 nitrogen and oxygen atoms in total. The van der Waals surface area contributed by atoms with Crippen LogP contribution >= 0.6 is 0 Å². The number of aryl methyl sites for hydroxylation is 1. The third-order valence-electron chi connectivity index (χ3n) is 4.94. The van der Waals surface area contributed by atoms with E-state index in [1.54, 1.807) is 13.2 Å². The summed E-state index contributed by atoms with van der Waals surface area (Å²) in [4.78, 5) is 24.0. The molecule has 2 aromatic heterocycles. The number of fused-ring (bicyclic) bond motifs is 1. The van der Waals surface area contributed by atoms with Gasteiger partial charge in [-0.05, 0) is 32.9 Å². The van der Waals surface area contributed by atoms with Gasteiger partial charge in [-0.3, -0.25) is 9.59 Å². The number of nitrogens with one attached hydrogen (secondary N) is 2. The third-order valence-corrected chi connectivity index (χ3v) is 4.94. The first-order valence-corrected chi connectivity index (χ1v) is 9.68. The van der Waals surface area contributed by atoms with Gasteiger partial charge in [0, 0.05) is 29.5 Å². The number of hydrogen-bond acceptors (Lipinski definition) is 6. The Labute approximate surface area is 173 Å². The van der Waals surface area contributed by atoms with Crippen LogP contribution in [0.4, 0.5) is 5.82 Å². The van der Waals surface area contributed by atoms with Crippen LogP contribution in [0.5, 0.6) is 11.5 Å². The Hall–Kier alpha value is -3.62. The van der Waals surface area contributed by atoms with Gasteiger partial charge in [0.05, 0.1) is 18.9 Å². The lowest BCUT2D eigenvalue weighted by molar-refractivity contribution is -0.116. The second-order valence-electron chi connectivity index (χ2n) is 7.39. The topological polar surface area (TPSA) is 111 Å². The predicted octanol–water partition coefficient (Wildman–Crippen LogP) is 2.53. The van der Waals surface area contributed by atoms with Crippen LogP contribution in [0.1, 0.15) is 43.0 Å². The second-order valence-corrected chi connectivity index (χ2v) is 7.39. The lowest BCUT2D eigenvalue weighted by Crippen LogP contribution is -2.26. The molecule has 0 bridgehead atoms. The van der Waals surface area contributed by atoms with Crippen molar-refractivity contribution in [2.75, 3.05) is 12.4 Å². The van der Waals surface area contributed by atoms with Crippen molar-refractivity contribution in [1.82, 2.24) is 20.0 Å². The average Bonchev–Trinajstić information content (AvgIpc) is 3.04. The normalized spacial score (nSPS) is 15.6. The highest BCUT2D eigenvalue weighted by Gasteiger charge is 2.35. The van der Waals surface area contributed by atoms with E-state index < -0.39 is 0 Å². The number of rotatable bonds is 5. The third kappa shape index (κ3) is 3.42. The number of hydrogen-bond donors (Lipinski definition) is 2. The zero-order valence-electron chi connectivity index (χ0n) is 17.2. The van der Waals surface area contributed by atoms with Crippen LogP contribution in [0.3, 0.4) is 0 Å². The summed E-state index contributed by atoms with van der Waals surface area (Å²) < 4.78 is 13.1. The Bertz CT molecular complexity index is 1140. The summed E-state index contributed by atoms with van der Waals surface area (Å²) >= 11 is 0. The number of para-hydroxylation sites is 1. The summed E-state index contributed by atoms with van der Waals surface area (Å²) in [6.07, 6.45) is 0.186. The molecule has 0 aliphatic carbocycles. The van der Waals surface area contributed by atoms with Crippen LogP contribution in [0.15, 0.2) is 35.1 Å². The smallest absolute Gasteiger partial charge is 0.264 e. The molecule has 0 saturated carbocycles. The van der Waals surface area contributed by atoms with Crippen LogP contribution in [0.25, 0.3) is 5.82 Å². The van der Waals surface area contributed by atoms with Crippen molar-refractivity contribution >= 4 is 11.7 Å². The van der Waals surface area contributed by atoms with Crippen molar-refractivity contribution in [3.63, 3.8) is 0 Å². The van der Waals surface area contributed by atoms with Crippen LogP contribution < -0.4 is 20.3 Å². The predicted molar refractivity (Wildman–Crippen MR) is 111 cm³/mol. The summed E-state index contributed by atoms with van der Waals surface area (Å²) in [5.74, 6) is 1.76. The van der Waals surface area contributed by atoms with E-state index in [-0.39, 0.29) is 29.9 Å². The maximum atomic E-state index is 12.6. The fraction of sp³-hybridized carbons (Fsp3) is 0.333. The fourth-order valence-corrected chi connectivity index (χ4v) is 3.76. The van der Waals surface area contributed by atoms with Crippen molar-refractivity contribution < 1.29 is 14.3 Å². The number of benzene rings is 1. The molecule has 2 N–H and O–H groups in total. The quantitative estimate of drug-likeness (QED) is 0.670. The molecule has 1 aliphatic rings. The molecule has 1 aliphatic heterocycles. The molecular weight excluding hydrogens is 386 g/mol. The molecule has 0 radical (unpaired) electrons. The number of methoxy groups -OCH3 is 1. The van der Waals surface area contributed by atoms with E-state index in [1.165, 1.54) is 10.7 Å². The summed E-state index contributed by atoms with van der Waals surface area (Å²) in [7, 11) is 1.59. The highest BCUT2D eigenvalue weighted by atomic mass is 16.5. The van der Waals surface area contributed by atoms with Crippen LogP contribution in [-0.2, 0) is 4.79 Å². The van der Waals surface area contributed by atoms with E-state index in [0.29, 0.717) is 23.1 Å². The largest absolute Gasteiger partial charge is 0.493 e. The number of anilines is 1. The van der Waals surface area contributed by atoms with Gasteiger partial charge < -0.3 is 14.8 Å². The number of carbonyl (C=O) groups is 1. The molecule has 3 aromatic rings. The second kappa shape index (κ2) is 7.66. The average molecular weight is 409 g/mol. The zero-order valence-corrected chi connectivity index (χ0v) is 17.2. The number of aromatic nitrogens is 4. The number of nitrogens with zero attached hydrogens (tertiary/aromatic N) is 3. The number of ether oxygens (including phenoxy) is 2. The van der Waals surface area contributed by atoms with Crippen molar-refractivity contribution in [1.29, 1.82) is 0 Å². The minimum atomic E-state index is -0.315. The van der Waals surface area contributed by atoms with Gasteiger partial charge in [0.15, 0.2) is 17.3 Å². The molecular formula is C21H23N5O4. The Kier molecular flexibility index (Phi) is 5.03. The molecule has 0 unspecified atom stereocenters. The minimum Gasteiger partial charge on any atom is -0.493 e. The minimum absolute atomic E-state index is 0.0638. The van der Waals surface area contributed by atoms with E-state index in [4.69, 9.17) is 9.47 Å². The zero-order chi connectivity index (χ0) is 21.4. The highest BCUT2D eigenvalue weighted by molar-refractivity contribution is 5.95. The maximum Gasteiger partial charge on any atom is 0.264 e. The molecule has 0 saturated heterocycles. The summed E-state index contributed by atoms with van der Waals surface area (Å²) in [5.41, 5.74) is 2.17. The van der Waals surface area contributed by atoms with E-state index in [2.05, 4.69) is 20.6 Å². The maximum absolute atomic E-state index is 12.6. The lowest BCUT2D eigenvalue weighted by atomic mass is 9.85. The van der Waals surface area contributed by atoms with Crippen LogP contribution in [-0.4, -0.2) is 39.1 Å². The van der Waals surface area contributed by atoms with E-state index in [1.807, 2.05) is 39.0 Å². The monoisotopic (exact) mass is 409 g/mol.